The van der Waals surface area contributed by atoms with E-state index in [1.807, 2.05) is 35.2 Å². The number of hydrazone groups is 1. The second-order valence-electron chi connectivity index (χ2n) is 7.57. The molecule has 0 atom stereocenters. The minimum Gasteiger partial charge on any atom is -0.356 e. The predicted octanol–water partition coefficient (Wildman–Crippen LogP) is 2.31. The van der Waals surface area contributed by atoms with E-state index < -0.39 is 0 Å². The van der Waals surface area contributed by atoms with Gasteiger partial charge in [-0.05, 0) is 24.8 Å². The molecule has 2 heterocycles. The average Bonchev–Trinajstić information content (AvgIpc) is 3.15. The summed E-state index contributed by atoms with van der Waals surface area (Å²) >= 11 is 0. The van der Waals surface area contributed by atoms with Crippen molar-refractivity contribution in [1.82, 2.24) is 15.2 Å². The summed E-state index contributed by atoms with van der Waals surface area (Å²) in [5, 5.41) is 8.73. The highest BCUT2D eigenvalue weighted by Gasteiger charge is 2.22. The summed E-state index contributed by atoms with van der Waals surface area (Å²) < 4.78 is 0. The van der Waals surface area contributed by atoms with Gasteiger partial charge in [0.25, 0.3) is 0 Å². The second kappa shape index (κ2) is 10.7. The minimum absolute atomic E-state index is 0.124. The van der Waals surface area contributed by atoms with Gasteiger partial charge in [-0.3, -0.25) is 14.4 Å². The zero-order chi connectivity index (χ0) is 20.5. The molecule has 0 bridgehead atoms. The van der Waals surface area contributed by atoms with Gasteiger partial charge in [0, 0.05) is 45.3 Å². The molecular weight excluding hydrogens is 368 g/mol. The lowest BCUT2D eigenvalue weighted by atomic mass is 10.1. The topological polar surface area (TPSA) is 82.1 Å². The van der Waals surface area contributed by atoms with Crippen molar-refractivity contribution in [2.75, 3.05) is 26.2 Å². The third-order valence-corrected chi connectivity index (χ3v) is 5.36. The van der Waals surface area contributed by atoms with Gasteiger partial charge < -0.3 is 10.2 Å². The molecular formula is C22H30N4O3. The van der Waals surface area contributed by atoms with Crippen LogP contribution in [0.5, 0.6) is 0 Å². The fraction of sp³-hybridized carbons (Fsp3) is 0.545. The van der Waals surface area contributed by atoms with Crippen molar-refractivity contribution < 1.29 is 14.4 Å². The van der Waals surface area contributed by atoms with Gasteiger partial charge in [-0.15, -0.1) is 0 Å². The van der Waals surface area contributed by atoms with E-state index in [2.05, 4.69) is 10.4 Å². The summed E-state index contributed by atoms with van der Waals surface area (Å²) in [5.74, 6) is -0.0336. The highest BCUT2D eigenvalue weighted by molar-refractivity contribution is 6.02. The molecule has 1 aromatic carbocycles. The molecule has 1 fully saturated rings. The largest absolute Gasteiger partial charge is 0.356 e. The maximum absolute atomic E-state index is 12.3. The Morgan fingerprint density at radius 3 is 2.66 bits per heavy atom. The van der Waals surface area contributed by atoms with E-state index in [0.29, 0.717) is 26.1 Å². The van der Waals surface area contributed by atoms with Crippen LogP contribution in [0.15, 0.2) is 35.4 Å². The fourth-order valence-corrected chi connectivity index (χ4v) is 3.68. The van der Waals surface area contributed by atoms with Crippen molar-refractivity contribution in [1.29, 1.82) is 0 Å². The molecule has 156 valence electrons. The molecule has 1 saturated heterocycles. The third kappa shape index (κ3) is 6.41. The third-order valence-electron chi connectivity index (χ3n) is 5.36. The Hall–Kier alpha value is -2.70. The Morgan fingerprint density at radius 2 is 1.83 bits per heavy atom. The average molecular weight is 399 g/mol. The number of hydrogen-bond donors (Lipinski definition) is 1. The van der Waals surface area contributed by atoms with Crippen molar-refractivity contribution >= 4 is 23.4 Å². The van der Waals surface area contributed by atoms with Crippen LogP contribution < -0.4 is 5.32 Å². The van der Waals surface area contributed by atoms with Crippen molar-refractivity contribution in [2.45, 2.75) is 51.4 Å². The molecule has 0 unspecified atom stereocenters. The first-order valence-corrected chi connectivity index (χ1v) is 10.6. The molecule has 2 aliphatic heterocycles. The highest BCUT2D eigenvalue weighted by Crippen LogP contribution is 2.15. The lowest BCUT2D eigenvalue weighted by Gasteiger charge is -2.20. The molecule has 7 nitrogen and oxygen atoms in total. The number of carbonyl (C=O) groups excluding carboxylic acids is 3. The molecule has 0 aromatic heterocycles. The first kappa shape index (κ1) is 21.0. The summed E-state index contributed by atoms with van der Waals surface area (Å²) in [4.78, 5) is 38.2. The Balaban J connectivity index is 1.32. The van der Waals surface area contributed by atoms with Crippen LogP contribution in [0.1, 0.15) is 56.9 Å². The smallest absolute Gasteiger partial charge is 0.243 e. The van der Waals surface area contributed by atoms with Gasteiger partial charge in [0.2, 0.25) is 17.7 Å². The van der Waals surface area contributed by atoms with E-state index >= 15 is 0 Å². The monoisotopic (exact) mass is 398 g/mol. The Morgan fingerprint density at radius 1 is 1.00 bits per heavy atom. The van der Waals surface area contributed by atoms with E-state index in [1.165, 1.54) is 5.01 Å². The predicted molar refractivity (Wildman–Crippen MR) is 111 cm³/mol. The standard InChI is InChI=1S/C22H30N4O3/c27-20(23-14-7-16-25-15-6-2-5-10-21(25)28)11-12-22(29)26-17-13-19(24-26)18-8-3-1-4-9-18/h1,3-4,8-9H,2,5-7,10-17H2,(H,23,27). The maximum Gasteiger partial charge on any atom is 0.243 e. The summed E-state index contributed by atoms with van der Waals surface area (Å²) in [6, 6.07) is 9.83. The van der Waals surface area contributed by atoms with Gasteiger partial charge in [0.1, 0.15) is 0 Å². The van der Waals surface area contributed by atoms with Crippen LogP contribution in [0.4, 0.5) is 0 Å². The van der Waals surface area contributed by atoms with Crippen molar-refractivity contribution in [2.24, 2.45) is 5.10 Å². The second-order valence-corrected chi connectivity index (χ2v) is 7.57. The first-order chi connectivity index (χ1) is 14.1. The maximum atomic E-state index is 12.3. The van der Waals surface area contributed by atoms with Gasteiger partial charge in [0.05, 0.1) is 12.3 Å². The number of hydrogen-bond acceptors (Lipinski definition) is 4. The van der Waals surface area contributed by atoms with Crippen LogP contribution in [0.2, 0.25) is 0 Å². The van der Waals surface area contributed by atoms with Gasteiger partial charge in [0.15, 0.2) is 0 Å². The molecule has 1 N–H and O–H groups in total. The molecule has 0 radical (unpaired) electrons. The van der Waals surface area contributed by atoms with Crippen LogP contribution in [0.3, 0.4) is 0 Å². The molecule has 3 amide bonds. The van der Waals surface area contributed by atoms with Crippen LogP contribution in [0.25, 0.3) is 0 Å². The number of rotatable bonds is 8. The van der Waals surface area contributed by atoms with Crippen LogP contribution in [0, 0.1) is 0 Å². The van der Waals surface area contributed by atoms with E-state index in [4.69, 9.17) is 0 Å². The molecule has 7 heteroatoms. The molecule has 1 aromatic rings. The van der Waals surface area contributed by atoms with Crippen molar-refractivity contribution in [3.8, 4) is 0 Å². The van der Waals surface area contributed by atoms with E-state index in [0.717, 1.165) is 49.9 Å². The van der Waals surface area contributed by atoms with Crippen LogP contribution in [-0.4, -0.2) is 59.5 Å². The Labute approximate surface area is 172 Å². The normalized spacial score (nSPS) is 17.1. The fourth-order valence-electron chi connectivity index (χ4n) is 3.68. The van der Waals surface area contributed by atoms with E-state index in [1.54, 1.807) is 0 Å². The van der Waals surface area contributed by atoms with Crippen molar-refractivity contribution in [3.05, 3.63) is 35.9 Å². The molecule has 3 rings (SSSR count). The van der Waals surface area contributed by atoms with E-state index in [-0.39, 0.29) is 30.6 Å². The number of carbonyl (C=O) groups is 3. The van der Waals surface area contributed by atoms with Crippen LogP contribution >= 0.6 is 0 Å². The summed E-state index contributed by atoms with van der Waals surface area (Å²) in [5.41, 5.74) is 1.94. The molecule has 29 heavy (non-hydrogen) atoms. The number of amides is 3. The minimum atomic E-state index is -0.132. The number of likely N-dealkylation sites (tertiary alicyclic amines) is 1. The zero-order valence-electron chi connectivity index (χ0n) is 16.9. The summed E-state index contributed by atoms with van der Waals surface area (Å²) in [6.45, 7) is 2.59. The summed E-state index contributed by atoms with van der Waals surface area (Å²) in [7, 11) is 0. The number of nitrogens with one attached hydrogen (secondary N) is 1. The molecule has 0 spiro atoms. The highest BCUT2D eigenvalue weighted by atomic mass is 16.2. The lowest BCUT2D eigenvalue weighted by Crippen LogP contribution is -2.34. The molecule has 2 aliphatic rings. The van der Waals surface area contributed by atoms with Crippen molar-refractivity contribution in [3.63, 3.8) is 0 Å². The first-order valence-electron chi connectivity index (χ1n) is 10.6. The Bertz CT molecular complexity index is 748. The summed E-state index contributed by atoms with van der Waals surface area (Å²) in [6.07, 6.45) is 5.58. The quantitative estimate of drug-likeness (QED) is 0.682. The van der Waals surface area contributed by atoms with Gasteiger partial charge >= 0.3 is 0 Å². The van der Waals surface area contributed by atoms with Crippen LogP contribution in [-0.2, 0) is 14.4 Å². The Kier molecular flexibility index (Phi) is 7.78. The lowest BCUT2D eigenvalue weighted by molar-refractivity contribution is -0.133. The van der Waals surface area contributed by atoms with Gasteiger partial charge in [-0.25, -0.2) is 5.01 Å². The zero-order valence-corrected chi connectivity index (χ0v) is 16.9. The number of nitrogens with zero attached hydrogens (tertiary/aromatic N) is 3. The molecule has 0 aliphatic carbocycles. The molecule has 0 saturated carbocycles. The number of benzene rings is 1. The van der Waals surface area contributed by atoms with E-state index in [9.17, 15) is 14.4 Å². The van der Waals surface area contributed by atoms with Gasteiger partial charge in [-0.1, -0.05) is 36.8 Å². The SMILES string of the molecule is O=C(CCC(=O)N1CCC(c2ccccc2)=N1)NCCCN1CCCCCC1=O. The van der Waals surface area contributed by atoms with Gasteiger partial charge in [-0.2, -0.15) is 5.10 Å².